The molecule has 10 heteroatoms. The van der Waals surface area contributed by atoms with Crippen molar-refractivity contribution in [3.8, 4) is 0 Å². The first-order chi connectivity index (χ1) is 15.0. The van der Waals surface area contributed by atoms with E-state index < -0.39 is 22.5 Å². The highest BCUT2D eigenvalue weighted by Crippen LogP contribution is 2.50. The Bertz CT molecular complexity index is 932. The summed E-state index contributed by atoms with van der Waals surface area (Å²) in [6.07, 6.45) is 1.01. The molecule has 31 heavy (non-hydrogen) atoms. The number of nitrogens with zero attached hydrogens (tertiary/aromatic N) is 2. The van der Waals surface area contributed by atoms with Crippen LogP contribution in [0, 0.1) is 11.6 Å². The molecule has 1 heterocycles. The van der Waals surface area contributed by atoms with Crippen LogP contribution in [0.25, 0.3) is 0 Å². The number of urea groups is 1. The Morgan fingerprint density at radius 1 is 1.23 bits per heavy atom. The van der Waals surface area contributed by atoms with Gasteiger partial charge in [0.25, 0.3) is 0 Å². The van der Waals surface area contributed by atoms with Crippen molar-refractivity contribution in [3.63, 3.8) is 0 Å². The number of hydrogen-bond acceptors (Lipinski definition) is 6. The monoisotopic (exact) mass is 450 g/mol. The van der Waals surface area contributed by atoms with Gasteiger partial charge in [0, 0.05) is 12.7 Å². The van der Waals surface area contributed by atoms with Crippen LogP contribution in [0.1, 0.15) is 24.0 Å². The van der Waals surface area contributed by atoms with Crippen LogP contribution in [0.4, 0.5) is 13.6 Å². The second kappa shape index (κ2) is 10.7. The molecule has 0 saturated carbocycles. The number of benzene rings is 2. The summed E-state index contributed by atoms with van der Waals surface area (Å²) in [5.41, 5.74) is 8.85. The van der Waals surface area contributed by atoms with Crippen LogP contribution >= 0.6 is 11.8 Å². The summed E-state index contributed by atoms with van der Waals surface area (Å²) in [6.45, 7) is 0.813. The Hall–Kier alpha value is -2.53. The van der Waals surface area contributed by atoms with Crippen LogP contribution in [0.2, 0.25) is 0 Å². The topological polar surface area (TPSA) is 89.2 Å². The molecule has 2 aromatic carbocycles. The van der Waals surface area contributed by atoms with E-state index in [1.165, 1.54) is 23.9 Å². The summed E-state index contributed by atoms with van der Waals surface area (Å²) >= 11 is 1.18. The van der Waals surface area contributed by atoms with Gasteiger partial charge in [-0.05, 0) is 43.1 Å². The predicted octanol–water partition coefficient (Wildman–Crippen LogP) is 3.55. The maximum Gasteiger partial charge on any atom is 0.363 e. The summed E-state index contributed by atoms with van der Waals surface area (Å²) < 4.78 is 33.2. The molecule has 1 unspecified atom stereocenters. The number of rotatable bonds is 9. The first-order valence-electron chi connectivity index (χ1n) is 9.71. The number of halogens is 2. The molecule has 2 aromatic rings. The Morgan fingerprint density at radius 3 is 2.71 bits per heavy atom. The van der Waals surface area contributed by atoms with Gasteiger partial charge in [-0.2, -0.15) is 10.1 Å². The van der Waals surface area contributed by atoms with E-state index in [1.54, 1.807) is 0 Å². The van der Waals surface area contributed by atoms with Gasteiger partial charge in [0.1, 0.15) is 21.5 Å². The normalized spacial score (nSPS) is 18.2. The van der Waals surface area contributed by atoms with E-state index in [9.17, 15) is 13.6 Å². The highest BCUT2D eigenvalue weighted by Gasteiger charge is 2.48. The lowest BCUT2D eigenvalue weighted by Gasteiger charge is -2.35. The SMILES string of the molecule is COCCONC(=O)N1N=C(c2cc(F)ccc2F)SC1(CCCN)c1ccccc1. The maximum absolute atomic E-state index is 14.5. The van der Waals surface area contributed by atoms with Crippen LogP contribution in [0.5, 0.6) is 0 Å². The smallest absolute Gasteiger partial charge is 0.363 e. The van der Waals surface area contributed by atoms with E-state index in [2.05, 4.69) is 10.6 Å². The standard InChI is InChI=1S/C21H24F2N4O3S/c1-29-12-13-30-26-20(28)27-21(10-5-11-24,15-6-3-2-4-7-15)31-19(25-27)17-14-16(22)8-9-18(17)23/h2-4,6-9,14H,5,10-13,24H2,1H3,(H,26,28). The van der Waals surface area contributed by atoms with Gasteiger partial charge in [-0.3, -0.25) is 4.84 Å². The second-order valence-corrected chi connectivity index (χ2v) is 8.00. The number of carbonyl (C=O) groups excluding carboxylic acids is 1. The van der Waals surface area contributed by atoms with Gasteiger partial charge in [-0.15, -0.1) is 0 Å². The highest BCUT2D eigenvalue weighted by atomic mass is 32.2. The number of carbonyl (C=O) groups is 1. The molecular weight excluding hydrogens is 426 g/mol. The van der Waals surface area contributed by atoms with E-state index in [0.717, 1.165) is 23.8 Å². The van der Waals surface area contributed by atoms with Gasteiger partial charge in [-0.25, -0.2) is 19.1 Å². The molecule has 0 fully saturated rings. The van der Waals surface area contributed by atoms with Crippen LogP contribution in [0.15, 0.2) is 53.6 Å². The van der Waals surface area contributed by atoms with E-state index in [1.807, 2.05) is 30.3 Å². The number of amides is 2. The lowest BCUT2D eigenvalue weighted by atomic mass is 10.0. The van der Waals surface area contributed by atoms with E-state index in [-0.39, 0.29) is 23.8 Å². The lowest BCUT2D eigenvalue weighted by molar-refractivity contribution is 0.0111. The first-order valence-corrected chi connectivity index (χ1v) is 10.5. The highest BCUT2D eigenvalue weighted by molar-refractivity contribution is 8.15. The third-order valence-electron chi connectivity index (χ3n) is 4.64. The predicted molar refractivity (Wildman–Crippen MR) is 115 cm³/mol. The molecule has 0 spiro atoms. The molecule has 2 amide bonds. The van der Waals surface area contributed by atoms with Crippen LogP contribution in [-0.2, 0) is 14.4 Å². The Morgan fingerprint density at radius 2 is 2.00 bits per heavy atom. The molecule has 1 aliphatic heterocycles. The summed E-state index contributed by atoms with van der Waals surface area (Å²) in [5.74, 6) is -1.23. The number of ether oxygens (including phenoxy) is 1. The quantitative estimate of drug-likeness (QED) is 0.451. The summed E-state index contributed by atoms with van der Waals surface area (Å²) in [4.78, 5) is 17.2. The fourth-order valence-electron chi connectivity index (χ4n) is 3.18. The minimum Gasteiger partial charge on any atom is -0.382 e. The van der Waals surface area contributed by atoms with Gasteiger partial charge in [0.15, 0.2) is 0 Å². The Balaban J connectivity index is 2.02. The van der Waals surface area contributed by atoms with Crippen LogP contribution < -0.4 is 11.2 Å². The average Bonchev–Trinajstić information content (AvgIpc) is 3.18. The number of methoxy groups -OCH3 is 1. The van der Waals surface area contributed by atoms with Crippen molar-refractivity contribution in [2.75, 3.05) is 26.9 Å². The van der Waals surface area contributed by atoms with Crippen molar-refractivity contribution in [1.29, 1.82) is 0 Å². The summed E-state index contributed by atoms with van der Waals surface area (Å²) in [7, 11) is 1.51. The summed E-state index contributed by atoms with van der Waals surface area (Å²) in [6, 6.07) is 11.7. The Kier molecular flexibility index (Phi) is 7.97. The number of hydrazone groups is 1. The number of nitrogens with one attached hydrogen (secondary N) is 1. The van der Waals surface area contributed by atoms with Gasteiger partial charge < -0.3 is 10.5 Å². The van der Waals surface area contributed by atoms with Gasteiger partial charge >= 0.3 is 6.03 Å². The van der Waals surface area contributed by atoms with Crippen LogP contribution in [-0.4, -0.2) is 43.0 Å². The number of hydroxylamine groups is 1. The minimum absolute atomic E-state index is 0.0198. The van der Waals surface area contributed by atoms with E-state index in [4.69, 9.17) is 15.3 Å². The van der Waals surface area contributed by atoms with Gasteiger partial charge in [-0.1, -0.05) is 42.1 Å². The largest absolute Gasteiger partial charge is 0.382 e. The third-order valence-corrected chi connectivity index (χ3v) is 6.09. The average molecular weight is 451 g/mol. The van der Waals surface area contributed by atoms with Crippen molar-refractivity contribution >= 4 is 22.8 Å². The van der Waals surface area contributed by atoms with Gasteiger partial charge in [0.05, 0.1) is 13.2 Å². The fraction of sp³-hybridized carbons (Fsp3) is 0.333. The van der Waals surface area contributed by atoms with Crippen molar-refractivity contribution in [1.82, 2.24) is 10.5 Å². The molecule has 3 N–H and O–H groups in total. The van der Waals surface area contributed by atoms with Crippen molar-refractivity contribution < 1.29 is 23.1 Å². The zero-order chi connectivity index (χ0) is 22.3. The van der Waals surface area contributed by atoms with Crippen molar-refractivity contribution in [2.45, 2.75) is 17.7 Å². The molecule has 1 aliphatic rings. The number of thioether (sulfide) groups is 1. The zero-order valence-electron chi connectivity index (χ0n) is 17.0. The molecular formula is C21H24F2N4O3S. The molecule has 7 nitrogen and oxygen atoms in total. The number of nitrogens with two attached hydrogens (primary N) is 1. The molecule has 0 bridgehead atoms. The second-order valence-electron chi connectivity index (χ2n) is 6.73. The molecule has 3 rings (SSSR count). The van der Waals surface area contributed by atoms with E-state index >= 15 is 0 Å². The zero-order valence-corrected chi connectivity index (χ0v) is 17.8. The summed E-state index contributed by atoms with van der Waals surface area (Å²) in [5, 5.41) is 5.79. The lowest BCUT2D eigenvalue weighted by Crippen LogP contribution is -2.46. The molecule has 1 atom stereocenters. The van der Waals surface area contributed by atoms with Gasteiger partial charge in [0.2, 0.25) is 0 Å². The van der Waals surface area contributed by atoms with Crippen LogP contribution in [0.3, 0.4) is 0 Å². The minimum atomic E-state index is -1.01. The maximum atomic E-state index is 14.5. The Labute approximate surface area is 183 Å². The first kappa shape index (κ1) is 23.1. The molecule has 0 aromatic heterocycles. The van der Waals surface area contributed by atoms with Crippen molar-refractivity contribution in [2.24, 2.45) is 10.8 Å². The number of hydrogen-bond donors (Lipinski definition) is 2. The fourth-order valence-corrected chi connectivity index (χ4v) is 4.60. The molecule has 0 saturated heterocycles. The van der Waals surface area contributed by atoms with E-state index in [0.29, 0.717) is 19.4 Å². The van der Waals surface area contributed by atoms with Crippen molar-refractivity contribution in [3.05, 3.63) is 71.3 Å². The molecule has 0 aliphatic carbocycles. The third kappa shape index (κ3) is 5.21. The molecule has 166 valence electrons. The molecule has 0 radical (unpaired) electrons.